The molecular weight excluding hydrogens is 190 g/mol. The van der Waals surface area contributed by atoms with Crippen molar-refractivity contribution in [3.63, 3.8) is 0 Å². The molecule has 80 valence electrons. The summed E-state index contributed by atoms with van der Waals surface area (Å²) in [5.41, 5.74) is 1.03. The van der Waals surface area contributed by atoms with Gasteiger partial charge in [0, 0.05) is 18.7 Å². The number of aromatic amines is 1. The fourth-order valence-corrected chi connectivity index (χ4v) is 1.50. The summed E-state index contributed by atoms with van der Waals surface area (Å²) in [5, 5.41) is 10.0. The lowest BCUT2D eigenvalue weighted by Gasteiger charge is -2.12. The molecule has 0 aromatic carbocycles. The quantitative estimate of drug-likeness (QED) is 0.788. The van der Waals surface area contributed by atoms with Crippen LogP contribution in [0.2, 0.25) is 0 Å². The van der Waals surface area contributed by atoms with Gasteiger partial charge >= 0.3 is 0 Å². The molecule has 0 saturated carbocycles. The molecule has 4 nitrogen and oxygen atoms in total. The third-order valence-corrected chi connectivity index (χ3v) is 2.32. The van der Waals surface area contributed by atoms with Crippen LogP contribution in [0, 0.1) is 0 Å². The predicted octanol–water partition coefficient (Wildman–Crippen LogP) is 2.44. The van der Waals surface area contributed by atoms with Crippen LogP contribution in [0.4, 0.5) is 5.69 Å². The molecule has 0 aliphatic heterocycles. The molecule has 2 aromatic rings. The Balaban J connectivity index is 1.76. The number of hydrogen-bond acceptors (Lipinski definition) is 3. The highest BCUT2D eigenvalue weighted by Crippen LogP contribution is 2.10. The van der Waals surface area contributed by atoms with E-state index in [1.807, 2.05) is 18.3 Å². The van der Waals surface area contributed by atoms with Crippen molar-refractivity contribution in [3.8, 4) is 0 Å². The SMILES string of the molecule is CC(CCc1ccco1)Nc1cn[nH]c1. The number of furan rings is 1. The van der Waals surface area contributed by atoms with E-state index in [0.29, 0.717) is 6.04 Å². The number of nitrogens with one attached hydrogen (secondary N) is 2. The summed E-state index contributed by atoms with van der Waals surface area (Å²) in [7, 11) is 0. The molecule has 0 saturated heterocycles. The topological polar surface area (TPSA) is 53.9 Å². The van der Waals surface area contributed by atoms with Gasteiger partial charge in [-0.2, -0.15) is 5.10 Å². The Bertz CT molecular complexity index is 366. The highest BCUT2D eigenvalue weighted by atomic mass is 16.3. The van der Waals surface area contributed by atoms with E-state index in [1.165, 1.54) is 0 Å². The third kappa shape index (κ3) is 2.87. The van der Waals surface area contributed by atoms with E-state index >= 15 is 0 Å². The predicted molar refractivity (Wildman–Crippen MR) is 58.7 cm³/mol. The standard InChI is InChI=1S/C11H15N3O/c1-9(14-10-7-12-13-8-10)4-5-11-3-2-6-15-11/h2-3,6-9,14H,4-5H2,1H3,(H,12,13). The fraction of sp³-hybridized carbons (Fsp3) is 0.364. The van der Waals surface area contributed by atoms with Crippen molar-refractivity contribution in [3.05, 3.63) is 36.5 Å². The number of anilines is 1. The van der Waals surface area contributed by atoms with Gasteiger partial charge < -0.3 is 9.73 Å². The number of H-pyrrole nitrogens is 1. The molecule has 4 heteroatoms. The largest absolute Gasteiger partial charge is 0.469 e. The van der Waals surface area contributed by atoms with E-state index in [4.69, 9.17) is 4.42 Å². The number of aryl methyl sites for hydroxylation is 1. The molecule has 2 aromatic heterocycles. The Morgan fingerprint density at radius 2 is 2.53 bits per heavy atom. The molecule has 2 rings (SSSR count). The molecule has 0 spiro atoms. The van der Waals surface area contributed by atoms with Crippen LogP contribution in [0.5, 0.6) is 0 Å². The third-order valence-electron chi connectivity index (χ3n) is 2.32. The highest BCUT2D eigenvalue weighted by Gasteiger charge is 2.04. The molecule has 1 atom stereocenters. The van der Waals surface area contributed by atoms with Crippen LogP contribution in [0.25, 0.3) is 0 Å². The van der Waals surface area contributed by atoms with Crippen LogP contribution in [0.1, 0.15) is 19.1 Å². The lowest BCUT2D eigenvalue weighted by Crippen LogP contribution is -2.15. The van der Waals surface area contributed by atoms with E-state index in [2.05, 4.69) is 22.4 Å². The molecule has 15 heavy (non-hydrogen) atoms. The summed E-state index contributed by atoms with van der Waals surface area (Å²) in [5.74, 6) is 1.04. The first-order valence-corrected chi connectivity index (χ1v) is 5.12. The number of hydrogen-bond donors (Lipinski definition) is 2. The van der Waals surface area contributed by atoms with Crippen LogP contribution in [0.15, 0.2) is 35.2 Å². The second kappa shape index (κ2) is 4.68. The molecule has 0 aliphatic carbocycles. The van der Waals surface area contributed by atoms with Crippen LogP contribution >= 0.6 is 0 Å². The van der Waals surface area contributed by atoms with Gasteiger partial charge in [0.05, 0.1) is 18.1 Å². The van der Waals surface area contributed by atoms with Crippen molar-refractivity contribution in [1.29, 1.82) is 0 Å². The van der Waals surface area contributed by atoms with Crippen molar-refractivity contribution in [2.75, 3.05) is 5.32 Å². The first-order valence-electron chi connectivity index (χ1n) is 5.12. The molecule has 1 unspecified atom stereocenters. The Morgan fingerprint density at radius 3 is 3.20 bits per heavy atom. The van der Waals surface area contributed by atoms with Crippen molar-refractivity contribution in [2.45, 2.75) is 25.8 Å². The van der Waals surface area contributed by atoms with E-state index in [0.717, 1.165) is 24.3 Å². The summed E-state index contributed by atoms with van der Waals surface area (Å²) in [6.45, 7) is 2.15. The molecule has 0 radical (unpaired) electrons. The molecule has 0 amide bonds. The van der Waals surface area contributed by atoms with Gasteiger partial charge in [-0.05, 0) is 25.5 Å². The van der Waals surface area contributed by atoms with E-state index in [-0.39, 0.29) is 0 Å². The van der Waals surface area contributed by atoms with Crippen LogP contribution in [0.3, 0.4) is 0 Å². The molecular formula is C11H15N3O. The smallest absolute Gasteiger partial charge is 0.103 e. The Morgan fingerprint density at radius 1 is 1.60 bits per heavy atom. The van der Waals surface area contributed by atoms with Gasteiger partial charge in [-0.1, -0.05) is 0 Å². The lowest BCUT2D eigenvalue weighted by atomic mass is 10.1. The van der Waals surface area contributed by atoms with Crippen LogP contribution < -0.4 is 5.32 Å². The molecule has 0 bridgehead atoms. The fourth-order valence-electron chi connectivity index (χ4n) is 1.50. The maximum atomic E-state index is 5.27. The van der Waals surface area contributed by atoms with Crippen molar-refractivity contribution in [1.82, 2.24) is 10.2 Å². The lowest BCUT2D eigenvalue weighted by molar-refractivity contribution is 0.495. The molecule has 0 fully saturated rings. The summed E-state index contributed by atoms with van der Waals surface area (Å²) in [6.07, 6.45) is 7.34. The van der Waals surface area contributed by atoms with Gasteiger partial charge in [0.25, 0.3) is 0 Å². The van der Waals surface area contributed by atoms with Gasteiger partial charge in [0.2, 0.25) is 0 Å². The van der Waals surface area contributed by atoms with E-state index in [1.54, 1.807) is 12.5 Å². The number of rotatable bonds is 5. The first kappa shape index (κ1) is 9.83. The first-order chi connectivity index (χ1) is 7.34. The van der Waals surface area contributed by atoms with E-state index < -0.39 is 0 Å². The Kier molecular flexibility index (Phi) is 3.07. The molecule has 0 aliphatic rings. The van der Waals surface area contributed by atoms with E-state index in [9.17, 15) is 0 Å². The Hall–Kier alpha value is -1.71. The zero-order valence-electron chi connectivity index (χ0n) is 8.73. The number of aromatic nitrogens is 2. The summed E-state index contributed by atoms with van der Waals surface area (Å²) in [4.78, 5) is 0. The van der Waals surface area contributed by atoms with Gasteiger partial charge in [-0.15, -0.1) is 0 Å². The van der Waals surface area contributed by atoms with Crippen LogP contribution in [-0.2, 0) is 6.42 Å². The average molecular weight is 205 g/mol. The molecule has 2 heterocycles. The normalized spacial score (nSPS) is 12.6. The summed E-state index contributed by atoms with van der Waals surface area (Å²) < 4.78 is 5.27. The van der Waals surface area contributed by atoms with Crippen molar-refractivity contribution >= 4 is 5.69 Å². The van der Waals surface area contributed by atoms with Crippen molar-refractivity contribution in [2.24, 2.45) is 0 Å². The van der Waals surface area contributed by atoms with Crippen molar-refractivity contribution < 1.29 is 4.42 Å². The summed E-state index contributed by atoms with van der Waals surface area (Å²) in [6, 6.07) is 4.33. The minimum atomic E-state index is 0.410. The van der Waals surface area contributed by atoms with Gasteiger partial charge in [-0.25, -0.2) is 0 Å². The zero-order valence-corrected chi connectivity index (χ0v) is 8.73. The second-order valence-corrected chi connectivity index (χ2v) is 3.65. The highest BCUT2D eigenvalue weighted by molar-refractivity contribution is 5.38. The maximum absolute atomic E-state index is 5.27. The minimum absolute atomic E-state index is 0.410. The summed E-state index contributed by atoms with van der Waals surface area (Å²) >= 11 is 0. The Labute approximate surface area is 88.7 Å². The average Bonchev–Trinajstić information content (AvgIpc) is 2.86. The number of nitrogens with zero attached hydrogens (tertiary/aromatic N) is 1. The van der Waals surface area contributed by atoms with Gasteiger partial charge in [0.15, 0.2) is 0 Å². The second-order valence-electron chi connectivity index (χ2n) is 3.65. The van der Waals surface area contributed by atoms with Gasteiger partial charge in [0.1, 0.15) is 5.76 Å². The van der Waals surface area contributed by atoms with Crippen LogP contribution in [-0.4, -0.2) is 16.2 Å². The van der Waals surface area contributed by atoms with Gasteiger partial charge in [-0.3, -0.25) is 5.10 Å². The monoisotopic (exact) mass is 205 g/mol. The zero-order chi connectivity index (χ0) is 10.5. The molecule has 2 N–H and O–H groups in total. The minimum Gasteiger partial charge on any atom is -0.469 e. The maximum Gasteiger partial charge on any atom is 0.103 e.